The van der Waals surface area contributed by atoms with E-state index in [0.717, 1.165) is 17.3 Å². The summed E-state index contributed by atoms with van der Waals surface area (Å²) in [4.78, 5) is 51.7. The molecule has 0 N–H and O–H groups in total. The summed E-state index contributed by atoms with van der Waals surface area (Å²) in [5.74, 6) is 0.0431. The van der Waals surface area contributed by atoms with E-state index in [1.807, 2.05) is 13.8 Å². The molecule has 0 radical (unpaired) electrons. The summed E-state index contributed by atoms with van der Waals surface area (Å²) in [6.45, 7) is 7.43. The number of thiocarbonyl (C=S) groups is 3. The van der Waals surface area contributed by atoms with Crippen molar-refractivity contribution >= 4 is 131 Å². The first-order valence-corrected chi connectivity index (χ1v) is 21.5. The van der Waals surface area contributed by atoms with Crippen molar-refractivity contribution in [2.24, 2.45) is 5.92 Å². The number of nitriles is 2. The first-order chi connectivity index (χ1) is 23.2. The van der Waals surface area contributed by atoms with E-state index < -0.39 is 33.3 Å². The van der Waals surface area contributed by atoms with E-state index in [1.54, 1.807) is 18.7 Å². The number of nitrogens with zero attached hydrogens (tertiary/aromatic N) is 3. The molecular weight excluding hydrogens is 783 g/mol. The van der Waals surface area contributed by atoms with Crippen LogP contribution in [0, 0.1) is 28.6 Å². The summed E-state index contributed by atoms with van der Waals surface area (Å²) in [6.07, 6.45) is 1.67. The minimum Gasteiger partial charge on any atom is -0.465 e. The second kappa shape index (κ2) is 25.0. The third kappa shape index (κ3) is 19.9. The van der Waals surface area contributed by atoms with Gasteiger partial charge in [-0.15, -0.1) is 23.5 Å². The third-order valence-electron chi connectivity index (χ3n) is 6.75. The Morgan fingerprint density at radius 2 is 1.24 bits per heavy atom. The third-order valence-corrected chi connectivity index (χ3v) is 13.5. The Kier molecular flexibility index (Phi) is 23.4. The quantitative estimate of drug-likeness (QED) is 0.0492. The molecule has 1 aliphatic heterocycles. The number of ether oxygens (including phenoxy) is 3. The van der Waals surface area contributed by atoms with Crippen LogP contribution in [-0.4, -0.2) is 93.2 Å². The van der Waals surface area contributed by atoms with Gasteiger partial charge in [0.25, 0.3) is 0 Å². The Morgan fingerprint density at radius 3 is 1.63 bits per heavy atom. The van der Waals surface area contributed by atoms with E-state index in [4.69, 9.17) is 50.9 Å². The lowest BCUT2D eigenvalue weighted by atomic mass is 10.1. The second-order valence-corrected chi connectivity index (χ2v) is 20.7. The fraction of sp³-hybridized carbons (Fsp3) is 0.710. The van der Waals surface area contributed by atoms with Gasteiger partial charge in [-0.2, -0.15) is 10.5 Å². The highest BCUT2D eigenvalue weighted by molar-refractivity contribution is 8.48. The molecule has 1 rings (SSSR count). The van der Waals surface area contributed by atoms with Gasteiger partial charge in [0.05, 0.1) is 18.1 Å². The SMILES string of the molecule is CCSC(=S)SC(C)(C#N)CCC(=O)OCC(COC(=O)CCCCC(=O)N1CCSC1=S)COC(=O)CCC(C)(C#N)SC(=S)SCC. The van der Waals surface area contributed by atoms with Crippen LogP contribution in [0.2, 0.25) is 0 Å². The normalized spacial score (nSPS) is 15.6. The summed E-state index contributed by atoms with van der Waals surface area (Å²) in [7, 11) is 0. The Hall–Kier alpha value is -1.12. The van der Waals surface area contributed by atoms with Gasteiger partial charge in [-0.3, -0.25) is 24.1 Å². The highest BCUT2D eigenvalue weighted by Gasteiger charge is 2.30. The molecule has 1 amide bonds. The molecule has 0 aromatic carbocycles. The van der Waals surface area contributed by atoms with E-state index in [2.05, 4.69) is 12.1 Å². The molecule has 0 saturated carbocycles. The molecule has 49 heavy (non-hydrogen) atoms. The van der Waals surface area contributed by atoms with Gasteiger partial charge in [-0.25, -0.2) is 0 Å². The van der Waals surface area contributed by atoms with E-state index in [0.29, 0.717) is 30.8 Å². The van der Waals surface area contributed by atoms with Crippen molar-refractivity contribution in [1.82, 2.24) is 4.90 Å². The molecule has 18 heteroatoms. The van der Waals surface area contributed by atoms with Gasteiger partial charge in [0, 0.05) is 38.0 Å². The fourth-order valence-electron chi connectivity index (χ4n) is 3.90. The molecule has 1 fully saturated rings. The summed E-state index contributed by atoms with van der Waals surface area (Å²) >= 11 is 22.7. The van der Waals surface area contributed by atoms with Crippen molar-refractivity contribution in [3.63, 3.8) is 0 Å². The fourth-order valence-corrected chi connectivity index (χ4v) is 10.9. The predicted octanol–water partition coefficient (Wildman–Crippen LogP) is 7.32. The van der Waals surface area contributed by atoms with Gasteiger partial charge in [0.1, 0.15) is 40.7 Å². The topological polar surface area (TPSA) is 147 Å². The number of carbonyl (C=O) groups is 4. The van der Waals surface area contributed by atoms with E-state index in [9.17, 15) is 29.7 Å². The molecule has 1 saturated heterocycles. The molecule has 0 aromatic rings. The van der Waals surface area contributed by atoms with Crippen molar-refractivity contribution in [3.8, 4) is 12.1 Å². The van der Waals surface area contributed by atoms with Crippen molar-refractivity contribution in [2.75, 3.05) is 43.6 Å². The number of amides is 1. The number of thioether (sulfide) groups is 5. The lowest BCUT2D eigenvalue weighted by Gasteiger charge is -2.22. The van der Waals surface area contributed by atoms with Crippen LogP contribution in [0.3, 0.4) is 0 Å². The first-order valence-electron chi connectivity index (χ1n) is 15.7. The predicted molar refractivity (Wildman–Crippen MR) is 215 cm³/mol. The average Bonchev–Trinajstić information content (AvgIpc) is 3.50. The van der Waals surface area contributed by atoms with Crippen LogP contribution in [0.4, 0.5) is 0 Å². The number of carbonyl (C=O) groups excluding carboxylic acids is 4. The molecule has 10 nitrogen and oxygen atoms in total. The number of unbranched alkanes of at least 4 members (excludes halogenated alkanes) is 1. The summed E-state index contributed by atoms with van der Waals surface area (Å²) in [5.41, 5.74) is 0. The average molecular weight is 826 g/mol. The maximum absolute atomic E-state index is 12.6. The van der Waals surface area contributed by atoms with Crippen LogP contribution in [-0.2, 0) is 33.4 Å². The number of rotatable bonds is 21. The zero-order valence-electron chi connectivity index (χ0n) is 28.1. The lowest BCUT2D eigenvalue weighted by molar-refractivity contribution is -0.153. The zero-order chi connectivity index (χ0) is 36.9. The molecule has 272 valence electrons. The second-order valence-electron chi connectivity index (χ2n) is 11.0. The largest absolute Gasteiger partial charge is 0.465 e. The Labute approximate surface area is 327 Å². The Balaban J connectivity index is 2.70. The monoisotopic (exact) mass is 825 g/mol. The molecule has 0 spiro atoms. The Bertz CT molecular complexity index is 1210. The van der Waals surface area contributed by atoms with E-state index >= 15 is 0 Å². The molecule has 0 aliphatic carbocycles. The van der Waals surface area contributed by atoms with E-state index in [-0.39, 0.29) is 64.3 Å². The molecule has 0 aromatic heterocycles. The van der Waals surface area contributed by atoms with Crippen molar-refractivity contribution in [2.45, 2.75) is 88.6 Å². The Morgan fingerprint density at radius 1 is 0.816 bits per heavy atom. The van der Waals surface area contributed by atoms with Gasteiger partial charge in [-0.05, 0) is 51.0 Å². The van der Waals surface area contributed by atoms with Gasteiger partial charge in [0.15, 0.2) is 0 Å². The van der Waals surface area contributed by atoms with Crippen molar-refractivity contribution in [1.29, 1.82) is 10.5 Å². The molecule has 1 heterocycles. The van der Waals surface area contributed by atoms with Gasteiger partial charge < -0.3 is 14.2 Å². The standard InChI is InChI=1S/C31H43N3O7S8/c1-5-45-28(43)48-30(3,20-32)13-11-25(37)40-18-22(19-41-26(38)12-14-31(4,21-33)49-29(44)46-6-2)17-39-24(36)10-8-7-9-23(35)34-15-16-47-27(34)42/h22H,5-19H2,1-4H3. The molecule has 1 aliphatic rings. The van der Waals surface area contributed by atoms with Crippen LogP contribution in [0.25, 0.3) is 0 Å². The van der Waals surface area contributed by atoms with Gasteiger partial charge in [-0.1, -0.05) is 85.8 Å². The zero-order valence-corrected chi connectivity index (χ0v) is 34.7. The summed E-state index contributed by atoms with van der Waals surface area (Å²) in [5, 5.41) is 19.4. The first kappa shape index (κ1) is 45.9. The summed E-state index contributed by atoms with van der Waals surface area (Å²) in [6, 6.07) is 4.44. The maximum atomic E-state index is 12.6. The van der Waals surface area contributed by atoms with Crippen LogP contribution in [0.15, 0.2) is 0 Å². The molecular formula is C31H43N3O7S8. The molecule has 2 unspecified atom stereocenters. The van der Waals surface area contributed by atoms with Crippen LogP contribution in [0.5, 0.6) is 0 Å². The van der Waals surface area contributed by atoms with Crippen LogP contribution >= 0.6 is 95.5 Å². The molecule has 0 bridgehead atoms. The number of esters is 3. The van der Waals surface area contributed by atoms with Crippen molar-refractivity contribution in [3.05, 3.63) is 0 Å². The lowest BCUT2D eigenvalue weighted by Crippen LogP contribution is -2.30. The highest BCUT2D eigenvalue weighted by Crippen LogP contribution is 2.35. The maximum Gasteiger partial charge on any atom is 0.305 e. The van der Waals surface area contributed by atoms with Crippen LogP contribution in [0.1, 0.15) is 79.1 Å². The molecule has 2 atom stereocenters. The minimum absolute atomic E-state index is 0.0368. The summed E-state index contributed by atoms with van der Waals surface area (Å²) < 4.78 is 16.3. The number of hydrogen-bond acceptors (Lipinski definition) is 17. The van der Waals surface area contributed by atoms with Gasteiger partial charge >= 0.3 is 17.9 Å². The smallest absolute Gasteiger partial charge is 0.305 e. The minimum atomic E-state index is -0.901. The number of hydrogen-bond donors (Lipinski definition) is 0. The van der Waals surface area contributed by atoms with E-state index in [1.165, 1.54) is 58.8 Å². The highest BCUT2D eigenvalue weighted by atomic mass is 32.2. The van der Waals surface area contributed by atoms with Crippen LogP contribution < -0.4 is 0 Å². The van der Waals surface area contributed by atoms with Crippen molar-refractivity contribution < 1.29 is 33.4 Å². The van der Waals surface area contributed by atoms with Gasteiger partial charge in [0.2, 0.25) is 5.91 Å².